The first-order valence-corrected chi connectivity index (χ1v) is 10.9. The molecule has 0 saturated carbocycles. The molecule has 4 heteroatoms. The van der Waals surface area contributed by atoms with Gasteiger partial charge in [-0.1, -0.05) is 66.1 Å². The summed E-state index contributed by atoms with van der Waals surface area (Å²) in [7, 11) is 0. The predicted molar refractivity (Wildman–Crippen MR) is 128 cm³/mol. The lowest BCUT2D eigenvalue weighted by Crippen LogP contribution is -2.60. The van der Waals surface area contributed by atoms with Crippen molar-refractivity contribution in [2.75, 3.05) is 0 Å². The van der Waals surface area contributed by atoms with Gasteiger partial charge in [0.15, 0.2) is 0 Å². The maximum atomic E-state index is 4.90. The molecule has 0 unspecified atom stereocenters. The lowest BCUT2D eigenvalue weighted by molar-refractivity contribution is 0.248. The van der Waals surface area contributed by atoms with Gasteiger partial charge in [0.1, 0.15) is 0 Å². The Kier molecular flexibility index (Phi) is 3.61. The average molecular weight is 397 g/mol. The van der Waals surface area contributed by atoms with Gasteiger partial charge in [-0.3, -0.25) is 14.9 Å². The largest absolute Gasteiger partial charge is 0.291 e. The molecule has 0 amide bonds. The van der Waals surface area contributed by atoms with Gasteiger partial charge < -0.3 is 0 Å². The Labute approximate surface area is 181 Å². The highest BCUT2D eigenvalue weighted by molar-refractivity contribution is 6.98. The van der Waals surface area contributed by atoms with Crippen molar-refractivity contribution >= 4 is 44.9 Å². The van der Waals surface area contributed by atoms with Crippen LogP contribution in [0.1, 0.15) is 16.7 Å². The molecule has 3 aliphatic heterocycles. The first kappa shape index (κ1) is 17.2. The maximum absolute atomic E-state index is 4.90. The van der Waals surface area contributed by atoms with E-state index in [0.29, 0.717) is 0 Å². The van der Waals surface area contributed by atoms with E-state index in [-0.39, 0.29) is 6.71 Å². The summed E-state index contributed by atoms with van der Waals surface area (Å²) in [4.78, 5) is 12.4. The molecule has 146 valence electrons. The monoisotopic (exact) mass is 397 g/mol. The topological polar surface area (TPSA) is 29.0 Å². The van der Waals surface area contributed by atoms with Gasteiger partial charge in [0, 0.05) is 32.0 Å². The fourth-order valence-corrected chi connectivity index (χ4v) is 5.64. The van der Waals surface area contributed by atoms with E-state index >= 15 is 0 Å². The van der Waals surface area contributed by atoms with Crippen molar-refractivity contribution in [3.63, 3.8) is 0 Å². The Morgan fingerprint density at radius 3 is 1.81 bits per heavy atom. The normalized spacial score (nSPS) is 15.2. The maximum Gasteiger partial charge on any atom is 0.248 e. The Hall–Kier alpha value is -3.50. The number of hydrogen-bond acceptors (Lipinski definition) is 3. The minimum atomic E-state index is 0.126. The smallest absolute Gasteiger partial charge is 0.248 e. The molecule has 0 saturated heterocycles. The van der Waals surface area contributed by atoms with Crippen molar-refractivity contribution in [2.24, 2.45) is 0 Å². The number of aromatic nitrogens is 2. The lowest BCUT2D eigenvalue weighted by atomic mass is 9.33. The van der Waals surface area contributed by atoms with Crippen molar-refractivity contribution in [3.8, 4) is 0 Å². The molecule has 0 fully saturated rings. The zero-order valence-corrected chi connectivity index (χ0v) is 17.1. The number of nitrogens with zero attached hydrogens (tertiary/aromatic N) is 3. The van der Waals surface area contributed by atoms with E-state index in [2.05, 4.69) is 65.6 Å². The van der Waals surface area contributed by atoms with E-state index in [9.17, 15) is 0 Å². The molecule has 0 spiro atoms. The summed E-state index contributed by atoms with van der Waals surface area (Å²) in [6, 6.07) is 26.5. The fourth-order valence-electron chi connectivity index (χ4n) is 5.64. The van der Waals surface area contributed by atoms with Crippen LogP contribution < -0.4 is 16.4 Å². The zero-order chi connectivity index (χ0) is 20.4. The van der Waals surface area contributed by atoms with Gasteiger partial charge in [0.05, 0.1) is 11.0 Å². The zero-order valence-electron chi connectivity index (χ0n) is 17.1. The number of benzene rings is 3. The third-order valence-corrected chi connectivity index (χ3v) is 6.93. The number of pyridine rings is 2. The highest BCUT2D eigenvalue weighted by atomic mass is 15.1. The van der Waals surface area contributed by atoms with Gasteiger partial charge in [-0.05, 0) is 50.5 Å². The highest BCUT2D eigenvalue weighted by Crippen LogP contribution is 2.25. The minimum Gasteiger partial charge on any atom is -0.291 e. The van der Waals surface area contributed by atoms with Crippen LogP contribution in [0.2, 0.25) is 0 Å². The van der Waals surface area contributed by atoms with Crippen LogP contribution in [-0.4, -0.2) is 21.6 Å². The van der Waals surface area contributed by atoms with Crippen LogP contribution in [-0.2, 0) is 19.6 Å². The fraction of sp³-hybridized carbons (Fsp3) is 0.111. The van der Waals surface area contributed by atoms with E-state index in [1.165, 1.54) is 43.9 Å². The van der Waals surface area contributed by atoms with Gasteiger partial charge in [-0.15, -0.1) is 0 Å². The van der Waals surface area contributed by atoms with Gasteiger partial charge in [0.2, 0.25) is 6.71 Å². The van der Waals surface area contributed by atoms with Crippen molar-refractivity contribution in [2.45, 2.75) is 19.6 Å². The standard InChI is InChI=1S/C27H20BN3/c1-2-8-23-20(5-1)15-31-16-21-11-9-18-6-3-13-29-26(18)24(21)28(23)25-22(17-31)12-10-19-7-4-14-30-27(19)25/h1-14H,15-17H2. The molecule has 8 rings (SSSR count). The van der Waals surface area contributed by atoms with E-state index in [0.717, 1.165) is 30.7 Å². The van der Waals surface area contributed by atoms with E-state index < -0.39 is 0 Å². The summed E-state index contributed by atoms with van der Waals surface area (Å²) < 4.78 is 0. The Bertz CT molecular complexity index is 1400. The molecule has 0 N–H and O–H groups in total. The van der Waals surface area contributed by atoms with E-state index in [1.807, 2.05) is 24.5 Å². The van der Waals surface area contributed by atoms with Crippen LogP contribution in [0.15, 0.2) is 85.2 Å². The van der Waals surface area contributed by atoms with Gasteiger partial charge in [-0.2, -0.15) is 0 Å². The van der Waals surface area contributed by atoms with Gasteiger partial charge in [-0.25, -0.2) is 0 Å². The van der Waals surface area contributed by atoms with Crippen LogP contribution in [0.25, 0.3) is 21.8 Å². The molecule has 2 aromatic heterocycles. The molecule has 0 atom stereocenters. The van der Waals surface area contributed by atoms with Crippen LogP contribution in [0.3, 0.4) is 0 Å². The van der Waals surface area contributed by atoms with E-state index in [1.54, 1.807) is 0 Å². The molecule has 0 aliphatic carbocycles. The SMILES string of the molecule is c1ccc2c(c1)CN1Cc3ccc4cccnc4c3B2c2c(ccc3cccnc23)C1. The van der Waals surface area contributed by atoms with Crippen molar-refractivity contribution in [1.82, 2.24) is 14.9 Å². The molecular formula is C27H20BN3. The second kappa shape index (κ2) is 6.50. The first-order chi connectivity index (χ1) is 15.4. The third kappa shape index (κ3) is 2.52. The van der Waals surface area contributed by atoms with E-state index in [4.69, 9.17) is 9.97 Å². The second-order valence-electron chi connectivity index (χ2n) is 8.70. The summed E-state index contributed by atoms with van der Waals surface area (Å²) in [5, 5.41) is 2.40. The van der Waals surface area contributed by atoms with Crippen LogP contribution in [0.4, 0.5) is 0 Å². The number of hydrogen-bond donors (Lipinski definition) is 0. The Morgan fingerprint density at radius 2 is 1.16 bits per heavy atom. The van der Waals surface area contributed by atoms with Crippen molar-refractivity contribution in [1.29, 1.82) is 0 Å². The van der Waals surface area contributed by atoms with Gasteiger partial charge >= 0.3 is 0 Å². The summed E-state index contributed by atoms with van der Waals surface area (Å²) in [6.07, 6.45) is 3.85. The first-order valence-electron chi connectivity index (χ1n) is 10.9. The molecule has 5 heterocycles. The van der Waals surface area contributed by atoms with Crippen molar-refractivity contribution in [3.05, 3.63) is 102 Å². The van der Waals surface area contributed by atoms with Crippen LogP contribution in [0.5, 0.6) is 0 Å². The number of fused-ring (bicyclic) bond motifs is 2. The number of rotatable bonds is 0. The molecule has 2 bridgehead atoms. The molecule has 3 nitrogen and oxygen atoms in total. The average Bonchev–Trinajstić information content (AvgIpc) is 2.79. The van der Waals surface area contributed by atoms with Crippen LogP contribution in [0, 0.1) is 0 Å². The molecule has 31 heavy (non-hydrogen) atoms. The quantitative estimate of drug-likeness (QED) is 0.376. The summed E-state index contributed by atoms with van der Waals surface area (Å²) in [5.74, 6) is 0. The summed E-state index contributed by atoms with van der Waals surface area (Å²) in [6.45, 7) is 2.96. The minimum absolute atomic E-state index is 0.126. The Morgan fingerprint density at radius 1 is 0.581 bits per heavy atom. The second-order valence-corrected chi connectivity index (χ2v) is 8.70. The molecule has 3 aromatic carbocycles. The summed E-state index contributed by atoms with van der Waals surface area (Å²) in [5.41, 5.74) is 10.5. The Balaban J connectivity index is 1.70. The van der Waals surface area contributed by atoms with Crippen molar-refractivity contribution < 1.29 is 0 Å². The molecule has 0 radical (unpaired) electrons. The lowest BCUT2D eigenvalue weighted by Gasteiger charge is -2.36. The molecular weight excluding hydrogens is 377 g/mol. The molecule has 5 aromatic rings. The third-order valence-electron chi connectivity index (χ3n) is 6.93. The summed E-state index contributed by atoms with van der Waals surface area (Å²) >= 11 is 0. The van der Waals surface area contributed by atoms with Crippen LogP contribution >= 0.6 is 0 Å². The van der Waals surface area contributed by atoms with Gasteiger partial charge in [0.25, 0.3) is 0 Å². The predicted octanol–water partition coefficient (Wildman–Crippen LogP) is 3.13. The highest BCUT2D eigenvalue weighted by Gasteiger charge is 2.36. The molecule has 3 aliphatic rings.